The van der Waals surface area contributed by atoms with Crippen molar-refractivity contribution in [2.24, 2.45) is 0 Å². The van der Waals surface area contributed by atoms with Gasteiger partial charge in [0.2, 0.25) is 5.91 Å². The molecule has 9 heteroatoms. The first-order valence-corrected chi connectivity index (χ1v) is 7.05. The molecule has 0 aliphatic heterocycles. The Morgan fingerprint density at radius 3 is 2.40 bits per heavy atom. The number of non-ortho nitro benzene ring substituents is 1. The van der Waals surface area contributed by atoms with E-state index >= 15 is 0 Å². The molecule has 0 aliphatic rings. The van der Waals surface area contributed by atoms with E-state index < -0.39 is 22.6 Å². The molecule has 0 fully saturated rings. The summed E-state index contributed by atoms with van der Waals surface area (Å²) in [7, 11) is 0. The lowest BCUT2D eigenvalue weighted by Crippen LogP contribution is -2.42. The second-order valence-corrected chi connectivity index (χ2v) is 5.02. The van der Waals surface area contributed by atoms with Gasteiger partial charge in [-0.1, -0.05) is 12.1 Å². The summed E-state index contributed by atoms with van der Waals surface area (Å²) in [4.78, 5) is 47.1. The number of nitrogens with one attached hydrogen (secondary N) is 1. The molecule has 25 heavy (non-hydrogen) atoms. The number of benzene rings is 2. The summed E-state index contributed by atoms with van der Waals surface area (Å²) in [6.45, 7) is 1.13. The fraction of sp³-hybridized carbons (Fsp3) is 0.0625. The van der Waals surface area contributed by atoms with Crippen molar-refractivity contribution in [2.75, 3.05) is 16.0 Å². The molecule has 3 N–H and O–H groups in total. The molecular weight excluding hydrogens is 328 g/mol. The molecule has 2 rings (SSSR count). The van der Waals surface area contributed by atoms with Crippen LogP contribution in [0.2, 0.25) is 0 Å². The Kier molecular flexibility index (Phi) is 5.08. The molecule has 2 aromatic carbocycles. The minimum Gasteiger partial charge on any atom is -0.399 e. The van der Waals surface area contributed by atoms with Gasteiger partial charge in [-0.05, 0) is 24.3 Å². The number of amides is 3. The van der Waals surface area contributed by atoms with Crippen LogP contribution in [0.4, 0.5) is 22.7 Å². The molecule has 0 aliphatic carbocycles. The molecule has 0 atom stereocenters. The van der Waals surface area contributed by atoms with Gasteiger partial charge in [0.05, 0.1) is 10.6 Å². The van der Waals surface area contributed by atoms with E-state index in [0.29, 0.717) is 10.6 Å². The number of nitro groups is 1. The van der Waals surface area contributed by atoms with Gasteiger partial charge in [-0.25, -0.2) is 4.90 Å². The molecular formula is C16H14N4O5. The van der Waals surface area contributed by atoms with Crippen LogP contribution >= 0.6 is 0 Å². The summed E-state index contributed by atoms with van der Waals surface area (Å²) >= 11 is 0. The summed E-state index contributed by atoms with van der Waals surface area (Å²) < 4.78 is 0. The number of imide groups is 1. The van der Waals surface area contributed by atoms with Crippen molar-refractivity contribution in [2.45, 2.75) is 6.92 Å². The Balaban J connectivity index is 2.25. The zero-order valence-corrected chi connectivity index (χ0v) is 13.1. The highest BCUT2D eigenvalue weighted by Gasteiger charge is 2.27. The van der Waals surface area contributed by atoms with Crippen molar-refractivity contribution >= 4 is 40.5 Å². The van der Waals surface area contributed by atoms with Crippen LogP contribution in [0, 0.1) is 10.1 Å². The lowest BCUT2D eigenvalue weighted by molar-refractivity contribution is -0.384. The average Bonchev–Trinajstić information content (AvgIpc) is 2.54. The van der Waals surface area contributed by atoms with Gasteiger partial charge in [0, 0.05) is 30.4 Å². The molecule has 0 unspecified atom stereocenters. The Morgan fingerprint density at radius 2 is 1.80 bits per heavy atom. The van der Waals surface area contributed by atoms with Gasteiger partial charge in [-0.15, -0.1) is 0 Å². The van der Waals surface area contributed by atoms with Gasteiger partial charge in [0.1, 0.15) is 0 Å². The van der Waals surface area contributed by atoms with Crippen LogP contribution < -0.4 is 16.0 Å². The first-order valence-electron chi connectivity index (χ1n) is 7.05. The van der Waals surface area contributed by atoms with E-state index in [-0.39, 0.29) is 17.1 Å². The maximum absolute atomic E-state index is 12.3. The van der Waals surface area contributed by atoms with Crippen LogP contribution in [0.25, 0.3) is 0 Å². The van der Waals surface area contributed by atoms with Crippen molar-refractivity contribution < 1.29 is 19.3 Å². The SMILES string of the molecule is CC(=O)N(C(=O)C(=O)Nc1cccc([N+](=O)[O-])c1)c1cccc(N)c1. The van der Waals surface area contributed by atoms with Crippen molar-refractivity contribution in [1.29, 1.82) is 0 Å². The smallest absolute Gasteiger partial charge is 0.323 e. The number of carbonyl (C=O) groups is 3. The van der Waals surface area contributed by atoms with Crippen molar-refractivity contribution in [3.8, 4) is 0 Å². The van der Waals surface area contributed by atoms with Gasteiger partial charge >= 0.3 is 11.8 Å². The van der Waals surface area contributed by atoms with Crippen molar-refractivity contribution in [3.63, 3.8) is 0 Å². The quantitative estimate of drug-likeness (QED) is 0.377. The van der Waals surface area contributed by atoms with Crippen LogP contribution in [-0.4, -0.2) is 22.6 Å². The number of hydrogen-bond acceptors (Lipinski definition) is 6. The topological polar surface area (TPSA) is 136 Å². The van der Waals surface area contributed by atoms with Crippen LogP contribution in [-0.2, 0) is 14.4 Å². The third-order valence-electron chi connectivity index (χ3n) is 3.16. The molecule has 128 valence electrons. The summed E-state index contributed by atoms with van der Waals surface area (Å²) in [6, 6.07) is 11.0. The third kappa shape index (κ3) is 4.16. The van der Waals surface area contributed by atoms with E-state index in [0.717, 1.165) is 13.0 Å². The average molecular weight is 342 g/mol. The number of hydrogen-bond donors (Lipinski definition) is 2. The molecule has 0 spiro atoms. The lowest BCUT2D eigenvalue weighted by atomic mass is 10.2. The minimum absolute atomic E-state index is 0.0589. The van der Waals surface area contributed by atoms with Crippen molar-refractivity contribution in [1.82, 2.24) is 0 Å². The van der Waals surface area contributed by atoms with Gasteiger partial charge < -0.3 is 11.1 Å². The summed E-state index contributed by atoms with van der Waals surface area (Å²) in [5.74, 6) is -2.92. The lowest BCUT2D eigenvalue weighted by Gasteiger charge is -2.19. The number of nitrogens with zero attached hydrogens (tertiary/aromatic N) is 2. The first kappa shape index (κ1) is 17.6. The van der Waals surface area contributed by atoms with E-state index in [1.165, 1.54) is 36.4 Å². The summed E-state index contributed by atoms with van der Waals surface area (Å²) in [6.07, 6.45) is 0. The zero-order chi connectivity index (χ0) is 18.6. The molecule has 0 saturated carbocycles. The molecule has 0 saturated heterocycles. The largest absolute Gasteiger partial charge is 0.399 e. The predicted molar refractivity (Wildman–Crippen MR) is 90.7 cm³/mol. The highest BCUT2D eigenvalue weighted by molar-refractivity contribution is 6.48. The van der Waals surface area contributed by atoms with Gasteiger partial charge in [0.15, 0.2) is 0 Å². The van der Waals surface area contributed by atoms with E-state index in [1.807, 2.05) is 0 Å². The maximum atomic E-state index is 12.3. The summed E-state index contributed by atoms with van der Waals surface area (Å²) in [5.41, 5.74) is 5.90. The Labute approximate surface area is 142 Å². The van der Waals surface area contributed by atoms with Crippen LogP contribution in [0.3, 0.4) is 0 Å². The van der Waals surface area contributed by atoms with Crippen molar-refractivity contribution in [3.05, 3.63) is 58.6 Å². The zero-order valence-electron chi connectivity index (χ0n) is 13.1. The molecule has 3 amide bonds. The number of anilines is 3. The maximum Gasteiger partial charge on any atom is 0.323 e. The van der Waals surface area contributed by atoms with Gasteiger partial charge in [-0.2, -0.15) is 0 Å². The normalized spacial score (nSPS) is 9.96. The second-order valence-electron chi connectivity index (χ2n) is 5.02. The van der Waals surface area contributed by atoms with Gasteiger partial charge in [-0.3, -0.25) is 24.5 Å². The highest BCUT2D eigenvalue weighted by atomic mass is 16.6. The van der Waals surface area contributed by atoms with E-state index in [1.54, 1.807) is 6.07 Å². The molecule has 9 nitrogen and oxygen atoms in total. The minimum atomic E-state index is -1.13. The Morgan fingerprint density at radius 1 is 1.12 bits per heavy atom. The monoisotopic (exact) mass is 342 g/mol. The molecule has 2 aromatic rings. The fourth-order valence-corrected chi connectivity index (χ4v) is 2.09. The number of nitro benzene ring substituents is 1. The number of carbonyl (C=O) groups excluding carboxylic acids is 3. The van der Waals surface area contributed by atoms with Gasteiger partial charge in [0.25, 0.3) is 5.69 Å². The Hall–Kier alpha value is -3.75. The standard InChI is InChI=1S/C16H14N4O5/c1-10(21)19(13-6-2-4-11(17)8-13)16(23)15(22)18-12-5-3-7-14(9-12)20(24)25/h2-9H,17H2,1H3,(H,18,22). The molecule has 0 bridgehead atoms. The summed E-state index contributed by atoms with van der Waals surface area (Å²) in [5, 5.41) is 13.0. The van der Waals surface area contributed by atoms with Crippen LogP contribution in [0.15, 0.2) is 48.5 Å². The number of rotatable bonds is 3. The number of nitrogen functional groups attached to an aromatic ring is 1. The third-order valence-corrected chi connectivity index (χ3v) is 3.16. The van der Waals surface area contributed by atoms with E-state index in [9.17, 15) is 24.5 Å². The second kappa shape index (κ2) is 7.21. The predicted octanol–water partition coefficient (Wildman–Crippen LogP) is 1.70. The van der Waals surface area contributed by atoms with E-state index in [2.05, 4.69) is 5.32 Å². The highest BCUT2D eigenvalue weighted by Crippen LogP contribution is 2.20. The molecule has 0 heterocycles. The van der Waals surface area contributed by atoms with Crippen LogP contribution in [0.5, 0.6) is 0 Å². The fourth-order valence-electron chi connectivity index (χ4n) is 2.09. The first-order chi connectivity index (χ1) is 11.8. The van der Waals surface area contributed by atoms with E-state index in [4.69, 9.17) is 5.73 Å². The molecule has 0 radical (unpaired) electrons. The molecule has 0 aromatic heterocycles. The van der Waals surface area contributed by atoms with Crippen LogP contribution in [0.1, 0.15) is 6.92 Å². The number of nitrogens with two attached hydrogens (primary N) is 1. The Bertz CT molecular complexity index is 865.